The van der Waals surface area contributed by atoms with Gasteiger partial charge in [0.2, 0.25) is 0 Å². The fourth-order valence-corrected chi connectivity index (χ4v) is 2.45. The third-order valence-corrected chi connectivity index (χ3v) is 3.84. The van der Waals surface area contributed by atoms with Gasteiger partial charge in [-0.05, 0) is 62.0 Å². The summed E-state index contributed by atoms with van der Waals surface area (Å²) in [7, 11) is 0. The zero-order valence-electron chi connectivity index (χ0n) is 13.8. The Balaban J connectivity index is 2.04. The summed E-state index contributed by atoms with van der Waals surface area (Å²) in [4.78, 5) is 0. The van der Waals surface area contributed by atoms with Crippen LogP contribution in [0, 0.1) is 5.92 Å². The number of hydrogen-bond donors (Lipinski definition) is 1. The lowest BCUT2D eigenvalue weighted by atomic mass is 10.1. The normalized spacial score (nSPS) is 11.1. The van der Waals surface area contributed by atoms with E-state index in [4.69, 9.17) is 16.3 Å². The molecule has 1 rings (SSSR count). The van der Waals surface area contributed by atoms with Crippen molar-refractivity contribution in [3.05, 3.63) is 28.8 Å². The van der Waals surface area contributed by atoms with Gasteiger partial charge in [0.15, 0.2) is 0 Å². The Morgan fingerprint density at radius 3 is 2.62 bits per heavy atom. The quantitative estimate of drug-likeness (QED) is 0.575. The lowest BCUT2D eigenvalue weighted by Crippen LogP contribution is -2.20. The van der Waals surface area contributed by atoms with Crippen molar-refractivity contribution in [2.75, 3.05) is 19.7 Å². The maximum Gasteiger partial charge on any atom is 0.119 e. The first-order chi connectivity index (χ1) is 10.1. The van der Waals surface area contributed by atoms with Crippen LogP contribution in [0.25, 0.3) is 0 Å². The van der Waals surface area contributed by atoms with E-state index in [1.54, 1.807) is 0 Å². The summed E-state index contributed by atoms with van der Waals surface area (Å²) in [5, 5.41) is 4.31. The van der Waals surface area contributed by atoms with Crippen LogP contribution in [0.15, 0.2) is 18.2 Å². The smallest absolute Gasteiger partial charge is 0.119 e. The fourth-order valence-electron chi connectivity index (χ4n) is 2.20. The Hall–Kier alpha value is -0.730. The first-order valence-corrected chi connectivity index (χ1v) is 8.63. The van der Waals surface area contributed by atoms with Crippen LogP contribution in [0.5, 0.6) is 5.75 Å². The molecule has 0 fully saturated rings. The van der Waals surface area contributed by atoms with Crippen LogP contribution >= 0.6 is 11.6 Å². The van der Waals surface area contributed by atoms with Crippen molar-refractivity contribution in [1.82, 2.24) is 5.32 Å². The summed E-state index contributed by atoms with van der Waals surface area (Å²) in [6, 6.07) is 5.94. The fraction of sp³-hybridized carbons (Fsp3) is 0.667. The monoisotopic (exact) mass is 311 g/mol. The van der Waals surface area contributed by atoms with Gasteiger partial charge in [-0.15, -0.1) is 0 Å². The molecule has 0 saturated heterocycles. The second-order valence-corrected chi connectivity index (χ2v) is 6.37. The Bertz CT molecular complexity index is 393. The van der Waals surface area contributed by atoms with E-state index in [-0.39, 0.29) is 0 Å². The molecule has 0 heterocycles. The zero-order chi connectivity index (χ0) is 15.5. The number of benzene rings is 1. The molecule has 0 amide bonds. The maximum atomic E-state index is 6.10. The van der Waals surface area contributed by atoms with Gasteiger partial charge in [-0.2, -0.15) is 0 Å². The van der Waals surface area contributed by atoms with E-state index in [0.29, 0.717) is 0 Å². The molecule has 0 aliphatic rings. The molecule has 1 aromatic carbocycles. The highest BCUT2D eigenvalue weighted by atomic mass is 35.5. The second-order valence-electron chi connectivity index (χ2n) is 5.97. The Labute approximate surface area is 135 Å². The first kappa shape index (κ1) is 18.3. The molecule has 120 valence electrons. The summed E-state index contributed by atoms with van der Waals surface area (Å²) >= 11 is 6.10. The van der Waals surface area contributed by atoms with Gasteiger partial charge < -0.3 is 10.1 Å². The van der Waals surface area contributed by atoms with Gasteiger partial charge in [0.25, 0.3) is 0 Å². The summed E-state index contributed by atoms with van der Waals surface area (Å²) in [5.74, 6) is 1.68. The number of unbranched alkanes of at least 4 members (excludes halogenated alkanes) is 3. The number of ether oxygens (including phenoxy) is 1. The number of hydrogen-bond acceptors (Lipinski definition) is 2. The summed E-state index contributed by atoms with van der Waals surface area (Å²) in [5.41, 5.74) is 1.16. The molecular formula is C18H30ClNO. The molecule has 0 atom stereocenters. The number of halogens is 1. The minimum Gasteiger partial charge on any atom is -0.494 e. The third kappa shape index (κ3) is 8.33. The van der Waals surface area contributed by atoms with Crippen molar-refractivity contribution in [2.24, 2.45) is 5.92 Å². The number of aryl methyl sites for hydroxylation is 1. The van der Waals surface area contributed by atoms with Gasteiger partial charge in [0.1, 0.15) is 5.75 Å². The van der Waals surface area contributed by atoms with Crippen molar-refractivity contribution in [1.29, 1.82) is 0 Å². The molecule has 0 aliphatic carbocycles. The molecule has 0 aromatic heterocycles. The molecule has 0 spiro atoms. The van der Waals surface area contributed by atoms with Gasteiger partial charge in [-0.1, -0.05) is 45.2 Å². The standard InChI is InChI=1S/C18H30ClNO/c1-4-16-13-17(9-10-18(16)19)21-12-8-6-5-7-11-20-14-15(2)3/h9-10,13,15,20H,4-8,11-12,14H2,1-3H3. The highest BCUT2D eigenvalue weighted by molar-refractivity contribution is 6.31. The Morgan fingerprint density at radius 1 is 1.14 bits per heavy atom. The van der Waals surface area contributed by atoms with Crippen LogP contribution in [0.2, 0.25) is 5.02 Å². The average Bonchev–Trinajstić information content (AvgIpc) is 2.46. The minimum absolute atomic E-state index is 0.741. The molecule has 2 nitrogen and oxygen atoms in total. The van der Waals surface area contributed by atoms with E-state index in [2.05, 4.69) is 32.2 Å². The molecule has 0 bridgehead atoms. The Morgan fingerprint density at radius 2 is 1.90 bits per heavy atom. The van der Waals surface area contributed by atoms with Gasteiger partial charge in [-0.25, -0.2) is 0 Å². The van der Waals surface area contributed by atoms with Crippen molar-refractivity contribution in [3.8, 4) is 5.75 Å². The lowest BCUT2D eigenvalue weighted by Gasteiger charge is -2.09. The van der Waals surface area contributed by atoms with Crippen LogP contribution in [0.1, 0.15) is 52.0 Å². The first-order valence-electron chi connectivity index (χ1n) is 8.25. The molecule has 0 saturated carbocycles. The number of rotatable bonds is 11. The number of nitrogens with one attached hydrogen (secondary N) is 1. The van der Waals surface area contributed by atoms with E-state index in [1.165, 1.54) is 19.3 Å². The molecule has 0 aliphatic heterocycles. The highest BCUT2D eigenvalue weighted by Crippen LogP contribution is 2.22. The van der Waals surface area contributed by atoms with Crippen LogP contribution in [-0.2, 0) is 6.42 Å². The van der Waals surface area contributed by atoms with E-state index >= 15 is 0 Å². The van der Waals surface area contributed by atoms with Crippen molar-refractivity contribution in [3.63, 3.8) is 0 Å². The van der Waals surface area contributed by atoms with E-state index < -0.39 is 0 Å². The second kappa shape index (κ2) is 10.9. The summed E-state index contributed by atoms with van der Waals surface area (Å²) in [6.07, 6.45) is 5.83. The molecular weight excluding hydrogens is 282 g/mol. The molecule has 1 aromatic rings. The van der Waals surface area contributed by atoms with Gasteiger partial charge in [0, 0.05) is 5.02 Å². The van der Waals surface area contributed by atoms with Crippen LogP contribution in [0.4, 0.5) is 0 Å². The summed E-state index contributed by atoms with van der Waals surface area (Å²) in [6.45, 7) is 9.65. The van der Waals surface area contributed by atoms with E-state index in [0.717, 1.165) is 54.8 Å². The molecule has 0 radical (unpaired) electrons. The molecule has 21 heavy (non-hydrogen) atoms. The van der Waals surface area contributed by atoms with Gasteiger partial charge in [-0.3, -0.25) is 0 Å². The van der Waals surface area contributed by atoms with Crippen LogP contribution in [-0.4, -0.2) is 19.7 Å². The highest BCUT2D eigenvalue weighted by Gasteiger charge is 2.01. The van der Waals surface area contributed by atoms with E-state index in [1.807, 2.05) is 12.1 Å². The summed E-state index contributed by atoms with van der Waals surface area (Å²) < 4.78 is 5.79. The molecule has 3 heteroatoms. The lowest BCUT2D eigenvalue weighted by molar-refractivity contribution is 0.304. The van der Waals surface area contributed by atoms with E-state index in [9.17, 15) is 0 Å². The van der Waals surface area contributed by atoms with Crippen molar-refractivity contribution >= 4 is 11.6 Å². The van der Waals surface area contributed by atoms with Gasteiger partial charge >= 0.3 is 0 Å². The van der Waals surface area contributed by atoms with Crippen molar-refractivity contribution in [2.45, 2.75) is 52.9 Å². The molecule has 1 N–H and O–H groups in total. The largest absolute Gasteiger partial charge is 0.494 e. The predicted molar refractivity (Wildman–Crippen MR) is 92.5 cm³/mol. The van der Waals surface area contributed by atoms with Crippen molar-refractivity contribution < 1.29 is 4.74 Å². The van der Waals surface area contributed by atoms with Crippen LogP contribution in [0.3, 0.4) is 0 Å². The average molecular weight is 312 g/mol. The zero-order valence-corrected chi connectivity index (χ0v) is 14.5. The topological polar surface area (TPSA) is 21.3 Å². The minimum atomic E-state index is 0.741. The SMILES string of the molecule is CCc1cc(OCCCCCCNCC(C)C)ccc1Cl. The van der Waals surface area contributed by atoms with Crippen LogP contribution < -0.4 is 10.1 Å². The Kier molecular flexibility index (Phi) is 9.53. The maximum absolute atomic E-state index is 6.10. The van der Waals surface area contributed by atoms with Gasteiger partial charge in [0.05, 0.1) is 6.61 Å². The molecule has 0 unspecified atom stereocenters. The third-order valence-electron chi connectivity index (χ3n) is 3.47. The predicted octanol–water partition coefficient (Wildman–Crippen LogP) is 5.09.